The molecule has 0 bridgehead atoms. The molecule has 1 aromatic carbocycles. The highest BCUT2D eigenvalue weighted by molar-refractivity contribution is 8.03. The van der Waals surface area contributed by atoms with Crippen molar-refractivity contribution in [1.82, 2.24) is 30.5 Å². The molecule has 3 aliphatic heterocycles. The fraction of sp³-hybridized carbons (Fsp3) is 0.594. The highest BCUT2D eigenvalue weighted by atomic mass is 35.5. The van der Waals surface area contributed by atoms with E-state index >= 15 is 0 Å². The SMILES string of the molecule is COc1ccc(Nc2nc(NC3CCCCCC3)nc(NC3CCN(C(=O)CCCCC4SC=C5NC(=O)NC54)CC3)n2)cc1Cl. The number of carbonyl (C=O) groups excluding carboxylic acids is 2. The van der Waals surface area contributed by atoms with Gasteiger partial charge in [0, 0.05) is 48.2 Å². The summed E-state index contributed by atoms with van der Waals surface area (Å²) in [6, 6.07) is 5.92. The summed E-state index contributed by atoms with van der Waals surface area (Å²) >= 11 is 8.13. The molecule has 1 saturated carbocycles. The van der Waals surface area contributed by atoms with E-state index in [1.54, 1.807) is 31.0 Å². The van der Waals surface area contributed by atoms with Gasteiger partial charge in [-0.25, -0.2) is 4.79 Å². The average molecular weight is 670 g/mol. The van der Waals surface area contributed by atoms with Gasteiger partial charge in [-0.3, -0.25) is 4.79 Å². The molecule has 0 radical (unpaired) electrons. The molecule has 2 aromatic rings. The molecule has 4 aliphatic rings. The number of carbonyl (C=O) groups is 2. The minimum Gasteiger partial charge on any atom is -0.495 e. The Hall–Kier alpha value is -3.45. The van der Waals surface area contributed by atoms with Gasteiger partial charge in [0.25, 0.3) is 0 Å². The number of nitrogens with zero attached hydrogens (tertiary/aromatic N) is 4. The number of rotatable bonds is 12. The highest BCUT2D eigenvalue weighted by Gasteiger charge is 2.37. The number of ether oxygens (including phenoxy) is 1. The summed E-state index contributed by atoms with van der Waals surface area (Å²) in [5.41, 5.74) is 1.73. The van der Waals surface area contributed by atoms with Crippen LogP contribution >= 0.6 is 23.4 Å². The Labute approximate surface area is 279 Å². The first-order chi connectivity index (χ1) is 22.4. The molecule has 5 N–H and O–H groups in total. The molecule has 0 spiro atoms. The number of anilines is 4. The van der Waals surface area contributed by atoms with Crippen molar-refractivity contribution in [3.8, 4) is 5.75 Å². The molecule has 6 rings (SSSR count). The van der Waals surface area contributed by atoms with E-state index in [9.17, 15) is 9.59 Å². The number of nitrogens with one attached hydrogen (secondary N) is 5. The number of fused-ring (bicyclic) bond motifs is 1. The standard InChI is InChI=1S/C32H44ClN9O3S/c1-45-25-13-12-22(18-23(25)33)36-31-40-29(34-20-8-4-2-3-5-9-20)39-30(41-31)35-21-14-16-42(17-15-21)27(43)11-7-6-10-26-28-24(19-46-26)37-32(44)38-28/h12-13,18-21,26,28H,2-11,14-17H2,1H3,(H2,37,38,44)(H3,34,35,36,39,40,41). The van der Waals surface area contributed by atoms with E-state index in [2.05, 4.69) is 26.6 Å². The van der Waals surface area contributed by atoms with Gasteiger partial charge in [0.2, 0.25) is 23.8 Å². The fourth-order valence-corrected chi connectivity index (χ4v) is 8.07. The van der Waals surface area contributed by atoms with Crippen molar-refractivity contribution in [3.05, 3.63) is 34.3 Å². The summed E-state index contributed by atoms with van der Waals surface area (Å²) < 4.78 is 5.29. The molecule has 4 heterocycles. The first-order valence-electron chi connectivity index (χ1n) is 16.5. The first-order valence-corrected chi connectivity index (χ1v) is 17.9. The molecule has 1 aromatic heterocycles. The second-order valence-corrected chi connectivity index (χ2v) is 14.0. The minimum absolute atomic E-state index is 0.0839. The molecule has 248 valence electrons. The molecule has 12 nitrogen and oxygen atoms in total. The lowest BCUT2D eigenvalue weighted by Gasteiger charge is -2.32. The van der Waals surface area contributed by atoms with Crippen molar-refractivity contribution in [2.24, 2.45) is 0 Å². The van der Waals surface area contributed by atoms with Gasteiger partial charge >= 0.3 is 6.03 Å². The van der Waals surface area contributed by atoms with E-state index < -0.39 is 0 Å². The van der Waals surface area contributed by atoms with Crippen LogP contribution in [0.4, 0.5) is 28.3 Å². The molecular formula is C32H44ClN9O3S. The molecule has 1 aliphatic carbocycles. The van der Waals surface area contributed by atoms with Gasteiger partial charge in [-0.1, -0.05) is 43.7 Å². The van der Waals surface area contributed by atoms with Crippen LogP contribution in [0.25, 0.3) is 0 Å². The van der Waals surface area contributed by atoms with Crippen molar-refractivity contribution in [2.75, 3.05) is 36.1 Å². The van der Waals surface area contributed by atoms with Gasteiger partial charge in [-0.15, -0.1) is 11.8 Å². The third-order valence-corrected chi connectivity index (χ3v) is 10.7. The van der Waals surface area contributed by atoms with E-state index in [-0.39, 0.29) is 24.0 Å². The second kappa shape index (κ2) is 15.4. The number of likely N-dealkylation sites (tertiary alicyclic amines) is 1. The summed E-state index contributed by atoms with van der Waals surface area (Å²) in [6.07, 6.45) is 12.1. The number of halogens is 1. The largest absolute Gasteiger partial charge is 0.495 e. The normalized spacial score (nSPS) is 21.9. The van der Waals surface area contributed by atoms with E-state index in [0.29, 0.717) is 59.4 Å². The molecule has 3 amide bonds. The van der Waals surface area contributed by atoms with Crippen molar-refractivity contribution >= 4 is 58.8 Å². The van der Waals surface area contributed by atoms with Crippen LogP contribution in [0.2, 0.25) is 5.02 Å². The van der Waals surface area contributed by atoms with Gasteiger partial charge in [0.1, 0.15) is 5.75 Å². The number of urea groups is 1. The van der Waals surface area contributed by atoms with Crippen molar-refractivity contribution in [1.29, 1.82) is 0 Å². The number of aromatic nitrogens is 3. The zero-order valence-corrected chi connectivity index (χ0v) is 27.9. The number of hydrogen-bond donors (Lipinski definition) is 5. The summed E-state index contributed by atoms with van der Waals surface area (Å²) in [5.74, 6) is 2.30. The van der Waals surface area contributed by atoms with Gasteiger partial charge in [0.15, 0.2) is 0 Å². The monoisotopic (exact) mass is 669 g/mol. The Morgan fingerprint density at radius 1 is 1.00 bits per heavy atom. The topological polar surface area (TPSA) is 145 Å². The van der Waals surface area contributed by atoms with Crippen LogP contribution < -0.4 is 31.3 Å². The Morgan fingerprint density at radius 2 is 1.70 bits per heavy atom. The molecule has 2 unspecified atom stereocenters. The molecule has 3 fully saturated rings. The van der Waals surface area contributed by atoms with Gasteiger partial charge in [0.05, 0.1) is 18.2 Å². The van der Waals surface area contributed by atoms with Crippen molar-refractivity contribution in [2.45, 2.75) is 100 Å². The van der Waals surface area contributed by atoms with Gasteiger partial charge in [-0.2, -0.15) is 15.0 Å². The minimum atomic E-state index is -0.118. The Kier molecular flexibility index (Phi) is 10.9. The molecule has 2 atom stereocenters. The highest BCUT2D eigenvalue weighted by Crippen LogP contribution is 2.35. The lowest BCUT2D eigenvalue weighted by atomic mass is 10.0. The molecular weight excluding hydrogens is 626 g/mol. The smallest absolute Gasteiger partial charge is 0.319 e. The Morgan fingerprint density at radius 3 is 2.39 bits per heavy atom. The van der Waals surface area contributed by atoms with E-state index in [0.717, 1.165) is 56.3 Å². The number of piperidine rings is 1. The summed E-state index contributed by atoms with van der Waals surface area (Å²) in [5, 5.41) is 19.1. The second-order valence-electron chi connectivity index (χ2n) is 12.5. The number of hydrogen-bond acceptors (Lipinski definition) is 10. The zero-order chi connectivity index (χ0) is 31.9. The zero-order valence-electron chi connectivity index (χ0n) is 26.3. The summed E-state index contributed by atoms with van der Waals surface area (Å²) in [6.45, 7) is 1.41. The van der Waals surface area contributed by atoms with E-state index in [4.69, 9.17) is 31.3 Å². The number of unbranched alkanes of at least 4 members (excludes halogenated alkanes) is 1. The van der Waals surface area contributed by atoms with Crippen molar-refractivity contribution in [3.63, 3.8) is 0 Å². The quantitative estimate of drug-likeness (QED) is 0.134. The number of methoxy groups -OCH3 is 1. The first kappa shape index (κ1) is 32.5. The number of benzene rings is 1. The Balaban J connectivity index is 1.01. The van der Waals surface area contributed by atoms with Gasteiger partial charge < -0.3 is 36.2 Å². The number of amides is 3. The van der Waals surface area contributed by atoms with Gasteiger partial charge in [-0.05, 0) is 62.1 Å². The van der Waals surface area contributed by atoms with Crippen molar-refractivity contribution < 1.29 is 14.3 Å². The maximum Gasteiger partial charge on any atom is 0.319 e. The maximum absolute atomic E-state index is 13.0. The third-order valence-electron chi connectivity index (χ3n) is 9.16. The molecule has 14 heteroatoms. The number of thioether (sulfide) groups is 1. The van der Waals surface area contributed by atoms with E-state index in [1.165, 1.54) is 25.7 Å². The average Bonchev–Trinajstić information content (AvgIpc) is 3.48. The van der Waals surface area contributed by atoms with Crippen LogP contribution in [0.3, 0.4) is 0 Å². The van der Waals surface area contributed by atoms with Crippen LogP contribution in [0.15, 0.2) is 29.3 Å². The maximum atomic E-state index is 13.0. The lowest BCUT2D eigenvalue weighted by molar-refractivity contribution is -0.132. The molecule has 2 saturated heterocycles. The third kappa shape index (κ3) is 8.47. The van der Waals surface area contributed by atoms with Crippen LogP contribution in [0, 0.1) is 0 Å². The summed E-state index contributed by atoms with van der Waals surface area (Å²) in [4.78, 5) is 40.7. The Bertz CT molecular complexity index is 1410. The predicted molar refractivity (Wildman–Crippen MR) is 183 cm³/mol. The fourth-order valence-electron chi connectivity index (χ4n) is 6.61. The van der Waals surface area contributed by atoms with Crippen LogP contribution in [0.1, 0.15) is 77.0 Å². The lowest BCUT2D eigenvalue weighted by Crippen LogP contribution is -2.42. The van der Waals surface area contributed by atoms with Crippen LogP contribution in [-0.4, -0.2) is 75.4 Å². The molecule has 46 heavy (non-hydrogen) atoms. The van der Waals surface area contributed by atoms with E-state index in [1.807, 2.05) is 16.4 Å². The summed E-state index contributed by atoms with van der Waals surface area (Å²) in [7, 11) is 1.59. The van der Waals surface area contributed by atoms with Crippen LogP contribution in [-0.2, 0) is 4.79 Å². The predicted octanol–water partition coefficient (Wildman–Crippen LogP) is 6.01. The van der Waals surface area contributed by atoms with Crippen LogP contribution in [0.5, 0.6) is 5.75 Å².